The number of aliphatic hydroxyl groups is 1. The number of aromatic nitrogens is 2. The first kappa shape index (κ1) is 10.1. The molecule has 3 nitrogen and oxygen atoms in total. The first-order valence-corrected chi connectivity index (χ1v) is 5.32. The highest BCUT2D eigenvalue weighted by atomic mass is 16.2. The Balaban J connectivity index is 2.09. The summed E-state index contributed by atoms with van der Waals surface area (Å²) in [5.74, 6) is 6.41. The van der Waals surface area contributed by atoms with E-state index in [1.165, 1.54) is 19.3 Å². The van der Waals surface area contributed by atoms with Crippen LogP contribution in [0.15, 0.2) is 12.4 Å². The second-order valence-corrected chi connectivity index (χ2v) is 3.73. The van der Waals surface area contributed by atoms with Crippen LogP contribution in [0.2, 0.25) is 0 Å². The van der Waals surface area contributed by atoms with Gasteiger partial charge in [0.15, 0.2) is 0 Å². The molecular formula is C12H14N2O. The highest BCUT2D eigenvalue weighted by Gasteiger charge is 2.20. The molecule has 1 saturated carbocycles. The number of hydrogen-bond donors (Lipinski definition) is 1. The molecule has 0 amide bonds. The minimum Gasteiger partial charge on any atom is -0.395 e. The van der Waals surface area contributed by atoms with Gasteiger partial charge in [0, 0.05) is 18.0 Å². The minimum atomic E-state index is 0.105. The lowest BCUT2D eigenvalue weighted by Crippen LogP contribution is -2.10. The van der Waals surface area contributed by atoms with Crippen molar-refractivity contribution in [1.29, 1.82) is 0 Å². The molecule has 0 aromatic carbocycles. The molecule has 3 heteroatoms. The van der Waals surface area contributed by atoms with Crippen LogP contribution in [-0.4, -0.2) is 21.7 Å². The van der Waals surface area contributed by atoms with Gasteiger partial charge in [0.25, 0.3) is 0 Å². The predicted octanol–water partition coefficient (Wildman–Crippen LogP) is 1.48. The molecule has 15 heavy (non-hydrogen) atoms. The minimum absolute atomic E-state index is 0.105. The lowest BCUT2D eigenvalue weighted by Gasteiger charge is -2.24. The normalized spacial score (nSPS) is 15.3. The van der Waals surface area contributed by atoms with Gasteiger partial charge in [-0.25, -0.2) is 9.97 Å². The lowest BCUT2D eigenvalue weighted by molar-refractivity contribution is 0.305. The van der Waals surface area contributed by atoms with E-state index in [1.54, 1.807) is 6.33 Å². The van der Waals surface area contributed by atoms with Crippen molar-refractivity contribution in [2.24, 2.45) is 0 Å². The van der Waals surface area contributed by atoms with Gasteiger partial charge in [-0.05, 0) is 24.8 Å². The van der Waals surface area contributed by atoms with Crippen LogP contribution in [0.3, 0.4) is 0 Å². The van der Waals surface area contributed by atoms with Crippen LogP contribution in [0, 0.1) is 11.8 Å². The van der Waals surface area contributed by atoms with Crippen LogP contribution in [-0.2, 0) is 0 Å². The van der Waals surface area contributed by atoms with E-state index in [9.17, 15) is 0 Å². The molecule has 1 aliphatic rings. The number of nitrogens with zero attached hydrogens (tertiary/aromatic N) is 2. The quantitative estimate of drug-likeness (QED) is 0.739. The fourth-order valence-corrected chi connectivity index (χ4v) is 1.58. The third-order valence-corrected chi connectivity index (χ3v) is 2.66. The summed E-state index contributed by atoms with van der Waals surface area (Å²) >= 11 is 0. The van der Waals surface area contributed by atoms with Gasteiger partial charge >= 0.3 is 0 Å². The van der Waals surface area contributed by atoms with Crippen LogP contribution in [0.1, 0.15) is 43.0 Å². The maximum atomic E-state index is 8.60. The fourth-order valence-electron chi connectivity index (χ4n) is 1.58. The molecule has 0 atom stereocenters. The van der Waals surface area contributed by atoms with Crippen LogP contribution in [0.25, 0.3) is 0 Å². The standard InChI is InChI=1S/C12H14N2O/c15-7-2-1-6-11-8-12(14-9-13-11)10-4-3-5-10/h8-10,15H,2-5,7H2. The molecular weight excluding hydrogens is 188 g/mol. The lowest BCUT2D eigenvalue weighted by atomic mass is 9.83. The van der Waals surface area contributed by atoms with E-state index in [0.717, 1.165) is 11.4 Å². The zero-order chi connectivity index (χ0) is 10.5. The molecule has 78 valence electrons. The zero-order valence-corrected chi connectivity index (χ0v) is 8.61. The zero-order valence-electron chi connectivity index (χ0n) is 8.61. The number of aliphatic hydroxyl groups excluding tert-OH is 1. The summed E-state index contributed by atoms with van der Waals surface area (Å²) in [6, 6.07) is 1.97. The summed E-state index contributed by atoms with van der Waals surface area (Å²) in [5, 5.41) is 8.60. The molecule has 1 fully saturated rings. The predicted molar refractivity (Wildman–Crippen MR) is 57.2 cm³/mol. The van der Waals surface area contributed by atoms with Crippen molar-refractivity contribution in [3.63, 3.8) is 0 Å². The third kappa shape index (κ3) is 2.54. The molecule has 0 saturated heterocycles. The second kappa shape index (κ2) is 4.90. The number of rotatable bonds is 2. The second-order valence-electron chi connectivity index (χ2n) is 3.73. The van der Waals surface area contributed by atoms with E-state index in [2.05, 4.69) is 21.8 Å². The van der Waals surface area contributed by atoms with Crippen molar-refractivity contribution in [2.45, 2.75) is 31.6 Å². The Morgan fingerprint density at radius 2 is 2.27 bits per heavy atom. The Bertz CT molecular complexity index is 388. The van der Waals surface area contributed by atoms with Crippen molar-refractivity contribution < 1.29 is 5.11 Å². The van der Waals surface area contributed by atoms with Gasteiger partial charge in [-0.3, -0.25) is 0 Å². The van der Waals surface area contributed by atoms with Crippen LogP contribution >= 0.6 is 0 Å². The van der Waals surface area contributed by atoms with Gasteiger partial charge in [-0.1, -0.05) is 12.3 Å². The third-order valence-electron chi connectivity index (χ3n) is 2.66. The van der Waals surface area contributed by atoms with Crippen molar-refractivity contribution >= 4 is 0 Å². The maximum absolute atomic E-state index is 8.60. The van der Waals surface area contributed by atoms with E-state index in [-0.39, 0.29) is 6.61 Å². The van der Waals surface area contributed by atoms with Gasteiger partial charge < -0.3 is 5.11 Å². The van der Waals surface area contributed by atoms with Gasteiger partial charge in [0.05, 0.1) is 6.61 Å². The van der Waals surface area contributed by atoms with E-state index in [1.807, 2.05) is 6.07 Å². The summed E-state index contributed by atoms with van der Waals surface area (Å²) in [6.07, 6.45) is 5.86. The SMILES string of the molecule is OCCC#Cc1cc(C2CCC2)ncn1. The van der Waals surface area contributed by atoms with Crippen LogP contribution in [0.4, 0.5) is 0 Å². The van der Waals surface area contributed by atoms with E-state index >= 15 is 0 Å². The van der Waals surface area contributed by atoms with E-state index in [0.29, 0.717) is 12.3 Å². The van der Waals surface area contributed by atoms with Crippen LogP contribution in [0.5, 0.6) is 0 Å². The summed E-state index contributed by atoms with van der Waals surface area (Å²) in [4.78, 5) is 8.35. The highest BCUT2D eigenvalue weighted by molar-refractivity contribution is 5.29. The Morgan fingerprint density at radius 3 is 2.93 bits per heavy atom. The molecule has 2 rings (SSSR count). The number of hydrogen-bond acceptors (Lipinski definition) is 3. The molecule has 0 bridgehead atoms. The van der Waals surface area contributed by atoms with Gasteiger partial charge in [-0.2, -0.15) is 0 Å². The maximum Gasteiger partial charge on any atom is 0.117 e. The largest absolute Gasteiger partial charge is 0.395 e. The Morgan fingerprint density at radius 1 is 1.40 bits per heavy atom. The van der Waals surface area contributed by atoms with Crippen molar-refractivity contribution in [1.82, 2.24) is 9.97 Å². The van der Waals surface area contributed by atoms with Crippen molar-refractivity contribution in [3.8, 4) is 11.8 Å². The molecule has 1 aliphatic carbocycles. The first-order chi connectivity index (χ1) is 7.40. The van der Waals surface area contributed by atoms with Gasteiger partial charge in [-0.15, -0.1) is 0 Å². The topological polar surface area (TPSA) is 46.0 Å². The molecule has 0 aliphatic heterocycles. The summed E-state index contributed by atoms with van der Waals surface area (Å²) < 4.78 is 0. The van der Waals surface area contributed by atoms with Gasteiger partial charge in [0.1, 0.15) is 12.0 Å². The summed E-state index contributed by atoms with van der Waals surface area (Å²) in [7, 11) is 0. The Labute approximate surface area is 89.6 Å². The van der Waals surface area contributed by atoms with Crippen LogP contribution < -0.4 is 0 Å². The average Bonchev–Trinajstić information content (AvgIpc) is 2.16. The molecule has 0 spiro atoms. The van der Waals surface area contributed by atoms with Crippen molar-refractivity contribution in [3.05, 3.63) is 23.8 Å². The summed E-state index contributed by atoms with van der Waals surface area (Å²) in [6.45, 7) is 0.105. The average molecular weight is 202 g/mol. The molecule has 1 aromatic rings. The molecule has 1 aromatic heterocycles. The molecule has 0 unspecified atom stereocenters. The molecule has 1 N–H and O–H groups in total. The highest BCUT2D eigenvalue weighted by Crippen LogP contribution is 2.34. The van der Waals surface area contributed by atoms with E-state index in [4.69, 9.17) is 5.11 Å². The summed E-state index contributed by atoms with van der Waals surface area (Å²) in [5.41, 5.74) is 1.88. The molecule has 1 heterocycles. The van der Waals surface area contributed by atoms with Crippen molar-refractivity contribution in [2.75, 3.05) is 6.61 Å². The Hall–Kier alpha value is -1.40. The monoisotopic (exact) mass is 202 g/mol. The fraction of sp³-hybridized carbons (Fsp3) is 0.500. The van der Waals surface area contributed by atoms with Gasteiger partial charge in [0.2, 0.25) is 0 Å². The smallest absolute Gasteiger partial charge is 0.117 e. The van der Waals surface area contributed by atoms with E-state index < -0.39 is 0 Å². The molecule has 0 radical (unpaired) electrons. The first-order valence-electron chi connectivity index (χ1n) is 5.32. The Kier molecular flexibility index (Phi) is 3.31.